The lowest BCUT2D eigenvalue weighted by atomic mass is 10.1. The SMILES string of the molecule is CC(=O)Nc1ccc(Oc2ccc(-c3noc(-c4cccc(C)c4)n3)cc2)cc1. The summed E-state index contributed by atoms with van der Waals surface area (Å²) < 4.78 is 11.2. The van der Waals surface area contributed by atoms with E-state index in [9.17, 15) is 4.79 Å². The summed E-state index contributed by atoms with van der Waals surface area (Å²) in [4.78, 5) is 15.6. The molecule has 29 heavy (non-hydrogen) atoms. The minimum absolute atomic E-state index is 0.110. The Balaban J connectivity index is 1.46. The van der Waals surface area contributed by atoms with Gasteiger partial charge in [0.25, 0.3) is 5.89 Å². The van der Waals surface area contributed by atoms with Crippen molar-refractivity contribution >= 4 is 11.6 Å². The Labute approximate surface area is 168 Å². The lowest BCUT2D eigenvalue weighted by Gasteiger charge is -2.07. The molecule has 0 unspecified atom stereocenters. The fraction of sp³-hybridized carbons (Fsp3) is 0.0870. The number of anilines is 1. The van der Waals surface area contributed by atoms with Crippen LogP contribution in [0.4, 0.5) is 5.69 Å². The van der Waals surface area contributed by atoms with Gasteiger partial charge in [-0.1, -0.05) is 22.9 Å². The largest absolute Gasteiger partial charge is 0.457 e. The van der Waals surface area contributed by atoms with Crippen molar-refractivity contribution in [1.82, 2.24) is 10.1 Å². The number of carbonyl (C=O) groups excluding carboxylic acids is 1. The molecule has 4 aromatic rings. The Morgan fingerprint density at radius 2 is 1.62 bits per heavy atom. The molecule has 6 heteroatoms. The molecule has 1 N–H and O–H groups in total. The van der Waals surface area contributed by atoms with Gasteiger partial charge in [-0.05, 0) is 67.6 Å². The van der Waals surface area contributed by atoms with Crippen LogP contribution in [-0.4, -0.2) is 16.0 Å². The minimum atomic E-state index is -0.110. The van der Waals surface area contributed by atoms with Crippen LogP contribution in [0.5, 0.6) is 11.5 Å². The number of aryl methyl sites for hydroxylation is 1. The third-order valence-electron chi connectivity index (χ3n) is 4.21. The number of carbonyl (C=O) groups is 1. The smallest absolute Gasteiger partial charge is 0.258 e. The molecule has 0 aliphatic rings. The second-order valence-corrected chi connectivity index (χ2v) is 6.62. The van der Waals surface area contributed by atoms with Gasteiger partial charge in [0.1, 0.15) is 11.5 Å². The highest BCUT2D eigenvalue weighted by molar-refractivity contribution is 5.88. The highest BCUT2D eigenvalue weighted by atomic mass is 16.5. The van der Waals surface area contributed by atoms with Crippen LogP contribution in [0.2, 0.25) is 0 Å². The molecule has 0 saturated carbocycles. The monoisotopic (exact) mass is 385 g/mol. The van der Waals surface area contributed by atoms with Crippen molar-refractivity contribution in [1.29, 1.82) is 0 Å². The molecule has 3 aromatic carbocycles. The number of hydrogen-bond donors (Lipinski definition) is 1. The summed E-state index contributed by atoms with van der Waals surface area (Å²) in [7, 11) is 0. The zero-order valence-electron chi connectivity index (χ0n) is 16.0. The molecule has 1 aromatic heterocycles. The minimum Gasteiger partial charge on any atom is -0.457 e. The van der Waals surface area contributed by atoms with E-state index in [2.05, 4.69) is 15.5 Å². The first-order valence-electron chi connectivity index (χ1n) is 9.13. The van der Waals surface area contributed by atoms with Crippen LogP contribution in [-0.2, 0) is 4.79 Å². The summed E-state index contributed by atoms with van der Waals surface area (Å²) >= 11 is 0. The number of rotatable bonds is 5. The van der Waals surface area contributed by atoms with Gasteiger partial charge < -0.3 is 14.6 Å². The van der Waals surface area contributed by atoms with Gasteiger partial charge in [0.05, 0.1) is 0 Å². The molecule has 0 bridgehead atoms. The third-order valence-corrected chi connectivity index (χ3v) is 4.21. The molecular weight excluding hydrogens is 366 g/mol. The van der Waals surface area contributed by atoms with Crippen molar-refractivity contribution in [3.63, 3.8) is 0 Å². The maximum absolute atomic E-state index is 11.1. The van der Waals surface area contributed by atoms with Crippen molar-refractivity contribution in [2.75, 3.05) is 5.32 Å². The molecule has 1 amide bonds. The highest BCUT2D eigenvalue weighted by Crippen LogP contribution is 2.27. The number of aromatic nitrogens is 2. The van der Waals surface area contributed by atoms with Crippen LogP contribution in [0.15, 0.2) is 77.3 Å². The van der Waals surface area contributed by atoms with Gasteiger partial charge in [-0.25, -0.2) is 0 Å². The quantitative estimate of drug-likeness (QED) is 0.493. The molecular formula is C23H19N3O3. The van der Waals surface area contributed by atoms with E-state index < -0.39 is 0 Å². The Kier molecular flexibility index (Phi) is 5.07. The number of benzene rings is 3. The van der Waals surface area contributed by atoms with Crippen molar-refractivity contribution in [2.45, 2.75) is 13.8 Å². The summed E-state index contributed by atoms with van der Waals surface area (Å²) in [5.41, 5.74) is 3.59. The summed E-state index contributed by atoms with van der Waals surface area (Å²) in [5.74, 6) is 2.26. The summed E-state index contributed by atoms with van der Waals surface area (Å²) in [6.45, 7) is 3.49. The second kappa shape index (κ2) is 7.98. The van der Waals surface area contributed by atoms with E-state index in [-0.39, 0.29) is 5.91 Å². The molecule has 0 aliphatic carbocycles. The lowest BCUT2D eigenvalue weighted by Crippen LogP contribution is -2.05. The lowest BCUT2D eigenvalue weighted by molar-refractivity contribution is -0.114. The Morgan fingerprint density at radius 1 is 0.931 bits per heavy atom. The predicted octanol–water partition coefficient (Wildman–Crippen LogP) is 5.46. The Bertz CT molecular complexity index is 1130. The van der Waals surface area contributed by atoms with Gasteiger partial charge in [0.2, 0.25) is 11.7 Å². The molecule has 1 heterocycles. The van der Waals surface area contributed by atoms with Crippen LogP contribution in [0.25, 0.3) is 22.8 Å². The van der Waals surface area contributed by atoms with Crippen molar-refractivity contribution < 1.29 is 14.1 Å². The van der Waals surface area contributed by atoms with Crippen molar-refractivity contribution in [2.24, 2.45) is 0 Å². The van der Waals surface area contributed by atoms with Crippen LogP contribution in [0.1, 0.15) is 12.5 Å². The maximum atomic E-state index is 11.1. The van der Waals surface area contributed by atoms with Gasteiger partial charge >= 0.3 is 0 Å². The van der Waals surface area contributed by atoms with Crippen molar-refractivity contribution in [3.05, 3.63) is 78.4 Å². The maximum Gasteiger partial charge on any atom is 0.258 e. The molecule has 0 radical (unpaired) electrons. The first kappa shape index (κ1) is 18.4. The number of ether oxygens (including phenoxy) is 1. The van der Waals surface area contributed by atoms with E-state index >= 15 is 0 Å². The molecule has 0 saturated heterocycles. The fourth-order valence-corrected chi connectivity index (χ4v) is 2.85. The van der Waals surface area contributed by atoms with Crippen LogP contribution >= 0.6 is 0 Å². The number of hydrogen-bond acceptors (Lipinski definition) is 5. The summed E-state index contributed by atoms with van der Waals surface area (Å²) in [6.07, 6.45) is 0. The zero-order chi connectivity index (χ0) is 20.2. The first-order chi connectivity index (χ1) is 14.1. The average molecular weight is 385 g/mol. The highest BCUT2D eigenvalue weighted by Gasteiger charge is 2.11. The topological polar surface area (TPSA) is 77.2 Å². The van der Waals surface area contributed by atoms with E-state index in [0.29, 0.717) is 23.2 Å². The van der Waals surface area contributed by atoms with Crippen molar-refractivity contribution in [3.8, 4) is 34.3 Å². The van der Waals surface area contributed by atoms with E-state index in [1.165, 1.54) is 6.92 Å². The van der Waals surface area contributed by atoms with E-state index in [4.69, 9.17) is 9.26 Å². The Hall–Kier alpha value is -3.93. The third kappa shape index (κ3) is 4.50. The van der Waals surface area contributed by atoms with Gasteiger partial charge in [-0.3, -0.25) is 4.79 Å². The normalized spacial score (nSPS) is 10.6. The summed E-state index contributed by atoms with van der Waals surface area (Å²) in [6, 6.07) is 22.6. The van der Waals surface area contributed by atoms with Crippen LogP contribution in [0, 0.1) is 6.92 Å². The average Bonchev–Trinajstić information content (AvgIpc) is 3.20. The molecule has 0 atom stereocenters. The van der Waals surface area contributed by atoms with Gasteiger partial charge in [-0.2, -0.15) is 4.98 Å². The molecule has 4 rings (SSSR count). The van der Waals surface area contributed by atoms with Gasteiger partial charge in [0, 0.05) is 23.7 Å². The first-order valence-corrected chi connectivity index (χ1v) is 9.13. The van der Waals surface area contributed by atoms with Gasteiger partial charge in [0.15, 0.2) is 0 Å². The molecule has 6 nitrogen and oxygen atoms in total. The number of nitrogens with one attached hydrogen (secondary N) is 1. The molecule has 0 spiro atoms. The van der Waals surface area contributed by atoms with Crippen LogP contribution in [0.3, 0.4) is 0 Å². The summed E-state index contributed by atoms with van der Waals surface area (Å²) in [5, 5.41) is 6.80. The predicted molar refractivity (Wildman–Crippen MR) is 111 cm³/mol. The molecule has 144 valence electrons. The fourth-order valence-electron chi connectivity index (χ4n) is 2.85. The van der Waals surface area contributed by atoms with E-state index in [1.807, 2.05) is 55.5 Å². The molecule has 0 aliphatic heterocycles. The van der Waals surface area contributed by atoms with Crippen LogP contribution < -0.4 is 10.1 Å². The van der Waals surface area contributed by atoms with Gasteiger partial charge in [-0.15, -0.1) is 0 Å². The van der Waals surface area contributed by atoms with E-state index in [0.717, 1.165) is 22.4 Å². The Morgan fingerprint density at radius 3 is 2.28 bits per heavy atom. The zero-order valence-corrected chi connectivity index (χ0v) is 16.0. The number of nitrogens with zero attached hydrogens (tertiary/aromatic N) is 2. The van der Waals surface area contributed by atoms with E-state index in [1.54, 1.807) is 24.3 Å². The molecule has 0 fully saturated rings. The standard InChI is InChI=1S/C23H19N3O3/c1-15-4-3-5-18(14-15)23-25-22(26-29-23)17-6-10-20(11-7-17)28-21-12-8-19(9-13-21)24-16(2)27/h3-14H,1-2H3,(H,24,27). The second-order valence-electron chi connectivity index (χ2n) is 6.62. The number of amides is 1.